The van der Waals surface area contributed by atoms with Gasteiger partial charge in [-0.2, -0.15) is 0 Å². The third kappa shape index (κ3) is 2.27. The van der Waals surface area contributed by atoms with E-state index in [0.29, 0.717) is 5.69 Å². The van der Waals surface area contributed by atoms with Gasteiger partial charge in [-0.3, -0.25) is 9.59 Å². The number of hydrogen-bond acceptors (Lipinski definition) is 5. The lowest BCUT2D eigenvalue weighted by molar-refractivity contribution is -0.141. The molecule has 1 atom stereocenters. The van der Waals surface area contributed by atoms with E-state index < -0.39 is 11.9 Å². The van der Waals surface area contributed by atoms with Gasteiger partial charge in [0.15, 0.2) is 0 Å². The first-order chi connectivity index (χ1) is 9.65. The predicted octanol–water partition coefficient (Wildman–Crippen LogP) is 1.64. The fourth-order valence-electron chi connectivity index (χ4n) is 2.23. The van der Waals surface area contributed by atoms with Crippen molar-refractivity contribution in [3.05, 3.63) is 29.6 Å². The van der Waals surface area contributed by atoms with Crippen molar-refractivity contribution >= 4 is 29.1 Å². The van der Waals surface area contributed by atoms with E-state index in [1.165, 1.54) is 16.4 Å². The maximum Gasteiger partial charge on any atom is 0.308 e. The number of carboxylic acids is 1. The summed E-state index contributed by atoms with van der Waals surface area (Å²) in [5.74, 6) is -1.70. The van der Waals surface area contributed by atoms with Gasteiger partial charge in [0.05, 0.1) is 5.92 Å². The summed E-state index contributed by atoms with van der Waals surface area (Å²) in [4.78, 5) is 24.3. The van der Waals surface area contributed by atoms with Crippen LogP contribution >= 0.6 is 11.5 Å². The van der Waals surface area contributed by atoms with Gasteiger partial charge >= 0.3 is 5.97 Å². The molecule has 0 bridgehead atoms. The van der Waals surface area contributed by atoms with E-state index in [1.807, 2.05) is 17.5 Å². The largest absolute Gasteiger partial charge is 0.481 e. The Hall–Kier alpha value is -2.28. The Morgan fingerprint density at radius 3 is 2.65 bits per heavy atom. The quantitative estimate of drug-likeness (QED) is 0.928. The Morgan fingerprint density at radius 2 is 2.10 bits per heavy atom. The van der Waals surface area contributed by atoms with Crippen molar-refractivity contribution in [3.63, 3.8) is 0 Å². The molecule has 102 valence electrons. The van der Waals surface area contributed by atoms with Crippen LogP contribution in [0.3, 0.4) is 0 Å². The van der Waals surface area contributed by atoms with Crippen molar-refractivity contribution < 1.29 is 14.7 Å². The molecule has 1 aliphatic heterocycles. The molecule has 2 aromatic rings. The van der Waals surface area contributed by atoms with E-state index in [-0.39, 0.29) is 18.9 Å². The lowest BCUT2D eigenvalue weighted by Gasteiger charge is -2.16. The van der Waals surface area contributed by atoms with E-state index in [2.05, 4.69) is 9.59 Å². The van der Waals surface area contributed by atoms with Crippen molar-refractivity contribution in [1.29, 1.82) is 0 Å². The smallest absolute Gasteiger partial charge is 0.308 e. The molecule has 1 aromatic heterocycles. The molecule has 0 spiro atoms. The fraction of sp³-hybridized carbons (Fsp3) is 0.231. The second kappa shape index (κ2) is 5.01. The van der Waals surface area contributed by atoms with Crippen molar-refractivity contribution in [2.75, 3.05) is 11.4 Å². The van der Waals surface area contributed by atoms with Crippen LogP contribution in [0.25, 0.3) is 11.3 Å². The third-order valence-corrected chi connectivity index (χ3v) is 3.81. The summed E-state index contributed by atoms with van der Waals surface area (Å²) in [5, 5.41) is 14.8. The molecule has 1 amide bonds. The van der Waals surface area contributed by atoms with Gasteiger partial charge in [0.2, 0.25) is 5.91 Å². The number of aliphatic carboxylic acids is 1. The summed E-state index contributed by atoms with van der Waals surface area (Å²) in [6.07, 6.45) is 0.0626. The van der Waals surface area contributed by atoms with Crippen LogP contribution in [0.1, 0.15) is 6.42 Å². The van der Waals surface area contributed by atoms with Crippen LogP contribution in [0.4, 0.5) is 5.69 Å². The number of amides is 1. The maximum absolute atomic E-state index is 11.8. The number of nitrogens with zero attached hydrogens (tertiary/aromatic N) is 3. The first-order valence-electron chi connectivity index (χ1n) is 6.06. The van der Waals surface area contributed by atoms with Crippen LogP contribution in [0.15, 0.2) is 29.6 Å². The molecule has 7 heteroatoms. The first kappa shape index (κ1) is 12.7. The number of anilines is 1. The van der Waals surface area contributed by atoms with Gasteiger partial charge in [0, 0.05) is 29.6 Å². The van der Waals surface area contributed by atoms with E-state index in [9.17, 15) is 9.59 Å². The summed E-state index contributed by atoms with van der Waals surface area (Å²) in [6.45, 7) is 0.228. The molecule has 0 unspecified atom stereocenters. The topological polar surface area (TPSA) is 83.4 Å². The molecular formula is C13H11N3O3S. The molecule has 1 N–H and O–H groups in total. The number of carboxylic acid groups (broad SMARTS) is 1. The summed E-state index contributed by atoms with van der Waals surface area (Å²) in [5.41, 5.74) is 2.42. The second-order valence-corrected chi connectivity index (χ2v) is 5.19. The van der Waals surface area contributed by atoms with Gasteiger partial charge in [-0.1, -0.05) is 16.6 Å². The number of rotatable bonds is 3. The zero-order valence-corrected chi connectivity index (χ0v) is 11.2. The van der Waals surface area contributed by atoms with Crippen LogP contribution in [-0.4, -0.2) is 33.1 Å². The highest BCUT2D eigenvalue weighted by Gasteiger charge is 2.34. The van der Waals surface area contributed by atoms with Gasteiger partial charge < -0.3 is 10.0 Å². The molecule has 20 heavy (non-hydrogen) atoms. The van der Waals surface area contributed by atoms with Crippen LogP contribution in [0.5, 0.6) is 0 Å². The fourth-order valence-corrected chi connectivity index (χ4v) is 2.69. The van der Waals surface area contributed by atoms with Crippen molar-refractivity contribution in [3.8, 4) is 11.3 Å². The predicted molar refractivity (Wildman–Crippen MR) is 73.4 cm³/mol. The Kier molecular flexibility index (Phi) is 3.19. The molecular weight excluding hydrogens is 278 g/mol. The Balaban J connectivity index is 1.82. The van der Waals surface area contributed by atoms with Crippen molar-refractivity contribution in [1.82, 2.24) is 9.59 Å². The highest BCUT2D eigenvalue weighted by molar-refractivity contribution is 7.03. The van der Waals surface area contributed by atoms with E-state index in [4.69, 9.17) is 5.11 Å². The minimum Gasteiger partial charge on any atom is -0.481 e. The van der Waals surface area contributed by atoms with Gasteiger partial charge in [-0.25, -0.2) is 0 Å². The average Bonchev–Trinajstić information content (AvgIpc) is 3.08. The molecule has 1 fully saturated rings. The summed E-state index contributed by atoms with van der Waals surface area (Å²) >= 11 is 1.28. The minimum absolute atomic E-state index is 0.0626. The molecule has 3 rings (SSSR count). The maximum atomic E-state index is 11.8. The lowest BCUT2D eigenvalue weighted by Crippen LogP contribution is -2.25. The number of aromatic nitrogens is 2. The van der Waals surface area contributed by atoms with Gasteiger partial charge in [-0.05, 0) is 23.7 Å². The van der Waals surface area contributed by atoms with Crippen molar-refractivity contribution in [2.45, 2.75) is 6.42 Å². The summed E-state index contributed by atoms with van der Waals surface area (Å²) in [7, 11) is 0. The number of carbonyl (C=O) groups is 2. The molecule has 1 aromatic carbocycles. The van der Waals surface area contributed by atoms with Crippen molar-refractivity contribution in [2.24, 2.45) is 5.92 Å². The first-order valence-corrected chi connectivity index (χ1v) is 6.89. The number of carbonyl (C=O) groups excluding carboxylic acids is 1. The van der Waals surface area contributed by atoms with Crippen LogP contribution in [0, 0.1) is 5.92 Å². The standard InChI is InChI=1S/C13H11N3O3S/c17-12-5-9(13(18)19)6-16(12)10-3-1-8(2-4-10)11-7-20-15-14-11/h1-4,7,9H,5-6H2,(H,18,19)/t9-/m0/s1. The molecule has 1 saturated heterocycles. The summed E-state index contributed by atoms with van der Waals surface area (Å²) in [6, 6.07) is 7.31. The molecule has 1 aliphatic rings. The third-order valence-electron chi connectivity index (χ3n) is 3.31. The zero-order valence-electron chi connectivity index (χ0n) is 10.4. The van der Waals surface area contributed by atoms with Gasteiger partial charge in [-0.15, -0.1) is 5.10 Å². The van der Waals surface area contributed by atoms with E-state index in [1.54, 1.807) is 12.1 Å². The number of benzene rings is 1. The molecule has 6 nitrogen and oxygen atoms in total. The van der Waals surface area contributed by atoms with Crippen LogP contribution in [-0.2, 0) is 9.59 Å². The average molecular weight is 289 g/mol. The Bertz CT molecular complexity index is 639. The van der Waals surface area contributed by atoms with Crippen LogP contribution < -0.4 is 4.90 Å². The van der Waals surface area contributed by atoms with E-state index >= 15 is 0 Å². The molecule has 0 aliphatic carbocycles. The molecule has 0 saturated carbocycles. The van der Waals surface area contributed by atoms with Crippen LogP contribution in [0.2, 0.25) is 0 Å². The monoisotopic (exact) mass is 289 g/mol. The Labute approximate surface area is 118 Å². The normalized spacial score (nSPS) is 18.5. The highest BCUT2D eigenvalue weighted by atomic mass is 32.1. The SMILES string of the molecule is O=C(O)[C@H]1CC(=O)N(c2ccc(-c3csnn3)cc2)C1. The molecule has 0 radical (unpaired) electrons. The minimum atomic E-state index is -0.925. The lowest BCUT2D eigenvalue weighted by atomic mass is 10.1. The zero-order chi connectivity index (χ0) is 14.1. The number of hydrogen-bond donors (Lipinski definition) is 1. The summed E-state index contributed by atoms with van der Waals surface area (Å²) < 4.78 is 3.80. The van der Waals surface area contributed by atoms with Gasteiger partial charge in [0.25, 0.3) is 0 Å². The Morgan fingerprint density at radius 1 is 1.35 bits per heavy atom. The second-order valence-electron chi connectivity index (χ2n) is 4.58. The molecule has 2 heterocycles. The van der Waals surface area contributed by atoms with Gasteiger partial charge in [0.1, 0.15) is 5.69 Å². The highest BCUT2D eigenvalue weighted by Crippen LogP contribution is 2.27. The van der Waals surface area contributed by atoms with E-state index in [0.717, 1.165) is 11.3 Å².